The number of hydrogen-bond acceptors (Lipinski definition) is 4. The van der Waals surface area contributed by atoms with Crippen LogP contribution in [0.1, 0.15) is 23.5 Å². The minimum absolute atomic E-state index is 0.257. The molecule has 0 saturated carbocycles. The number of nitrogens with zero attached hydrogens (tertiary/aromatic N) is 3. The van der Waals surface area contributed by atoms with Gasteiger partial charge in [-0.1, -0.05) is 29.3 Å². The van der Waals surface area contributed by atoms with Gasteiger partial charge in [-0.05, 0) is 78.9 Å². The standard InChI is InChI=1S/C25H21Cl2N5O2S2/c1-36(33,34)30-17-8-10-18(11-9-17)32-24(23(29-25(32)35)20-5-2-3-13-28-20)22-6-4-14-31(22)21-12-7-16(26)15-19(21)27/h2-15,23-24,30H,1H3,(H,29,35)/t23-,24+/m0/s1. The van der Waals surface area contributed by atoms with Gasteiger partial charge in [-0.15, -0.1) is 0 Å². The van der Waals surface area contributed by atoms with Gasteiger partial charge in [0, 0.05) is 34.5 Å². The lowest BCUT2D eigenvalue weighted by Crippen LogP contribution is -2.30. The third kappa shape index (κ3) is 4.92. The highest BCUT2D eigenvalue weighted by molar-refractivity contribution is 7.92. The zero-order valence-corrected chi connectivity index (χ0v) is 22.1. The van der Waals surface area contributed by atoms with E-state index in [1.807, 2.05) is 64.2 Å². The van der Waals surface area contributed by atoms with E-state index >= 15 is 0 Å². The molecule has 2 N–H and O–H groups in total. The molecular formula is C25H21Cl2N5O2S2. The van der Waals surface area contributed by atoms with Crippen LogP contribution in [0.5, 0.6) is 0 Å². The maximum absolute atomic E-state index is 11.6. The quantitative estimate of drug-likeness (QED) is 0.295. The van der Waals surface area contributed by atoms with Crippen LogP contribution in [0.3, 0.4) is 0 Å². The molecule has 11 heteroatoms. The second kappa shape index (κ2) is 9.74. The smallest absolute Gasteiger partial charge is 0.229 e. The molecule has 0 aliphatic carbocycles. The Labute approximate surface area is 224 Å². The van der Waals surface area contributed by atoms with Gasteiger partial charge in [-0.2, -0.15) is 0 Å². The number of thiocarbonyl (C=S) groups is 1. The van der Waals surface area contributed by atoms with Gasteiger partial charge >= 0.3 is 0 Å². The van der Waals surface area contributed by atoms with Crippen molar-refractivity contribution in [2.75, 3.05) is 15.9 Å². The Bertz CT molecular complexity index is 1530. The van der Waals surface area contributed by atoms with Crippen molar-refractivity contribution in [1.29, 1.82) is 0 Å². The number of anilines is 2. The molecule has 0 unspecified atom stereocenters. The first-order valence-electron chi connectivity index (χ1n) is 10.9. The molecule has 36 heavy (non-hydrogen) atoms. The molecule has 1 aliphatic rings. The van der Waals surface area contributed by atoms with Crippen LogP contribution in [0.2, 0.25) is 10.0 Å². The van der Waals surface area contributed by atoms with Gasteiger partial charge in [-0.25, -0.2) is 8.42 Å². The normalized spacial score (nSPS) is 17.8. The van der Waals surface area contributed by atoms with Crippen molar-refractivity contribution in [3.05, 3.63) is 107 Å². The van der Waals surface area contributed by atoms with Crippen molar-refractivity contribution < 1.29 is 8.42 Å². The molecular weight excluding hydrogens is 537 g/mol. The highest BCUT2D eigenvalue weighted by Crippen LogP contribution is 2.43. The minimum Gasteiger partial charge on any atom is -0.351 e. The van der Waals surface area contributed by atoms with Crippen LogP contribution in [0.25, 0.3) is 5.69 Å². The number of pyridine rings is 1. The summed E-state index contributed by atoms with van der Waals surface area (Å²) in [5, 5.41) is 5.02. The summed E-state index contributed by atoms with van der Waals surface area (Å²) in [6.45, 7) is 0. The Kier molecular flexibility index (Phi) is 6.65. The zero-order chi connectivity index (χ0) is 25.4. The van der Waals surface area contributed by atoms with E-state index in [1.54, 1.807) is 30.5 Å². The Hall–Kier alpha value is -3.11. The number of rotatable bonds is 6. The zero-order valence-electron chi connectivity index (χ0n) is 19.0. The molecule has 1 fully saturated rings. The van der Waals surface area contributed by atoms with Crippen LogP contribution in [-0.2, 0) is 10.0 Å². The van der Waals surface area contributed by atoms with Crippen molar-refractivity contribution in [2.24, 2.45) is 0 Å². The molecule has 5 rings (SSSR count). The Balaban J connectivity index is 1.62. The molecule has 1 saturated heterocycles. The average molecular weight is 559 g/mol. The van der Waals surface area contributed by atoms with Gasteiger partial charge in [0.25, 0.3) is 0 Å². The molecule has 184 valence electrons. The second-order valence-corrected chi connectivity index (χ2v) is 11.3. The summed E-state index contributed by atoms with van der Waals surface area (Å²) in [6.07, 6.45) is 4.81. The molecule has 1 aliphatic heterocycles. The van der Waals surface area contributed by atoms with Crippen LogP contribution < -0.4 is 14.9 Å². The van der Waals surface area contributed by atoms with Gasteiger partial charge < -0.3 is 14.8 Å². The van der Waals surface area contributed by atoms with Crippen molar-refractivity contribution in [3.63, 3.8) is 0 Å². The van der Waals surface area contributed by atoms with Crippen LogP contribution >= 0.6 is 35.4 Å². The third-order valence-corrected chi connectivity index (χ3v) is 7.26. The highest BCUT2D eigenvalue weighted by Gasteiger charge is 2.42. The number of hydrogen-bond donors (Lipinski definition) is 2. The number of aromatic nitrogens is 2. The highest BCUT2D eigenvalue weighted by atomic mass is 35.5. The largest absolute Gasteiger partial charge is 0.351 e. The topological polar surface area (TPSA) is 79.3 Å². The maximum atomic E-state index is 11.6. The lowest BCUT2D eigenvalue weighted by Gasteiger charge is -2.29. The van der Waals surface area contributed by atoms with Crippen LogP contribution in [-0.4, -0.2) is 29.3 Å². The SMILES string of the molecule is CS(=O)(=O)Nc1ccc(N2C(=S)N[C@@H](c3ccccn3)[C@H]2c2cccn2-c2ccc(Cl)cc2Cl)cc1. The molecule has 0 spiro atoms. The predicted molar refractivity (Wildman–Crippen MR) is 149 cm³/mol. The Morgan fingerprint density at radius 3 is 2.47 bits per heavy atom. The predicted octanol–water partition coefficient (Wildman–Crippen LogP) is 5.73. The van der Waals surface area contributed by atoms with Crippen molar-refractivity contribution in [1.82, 2.24) is 14.9 Å². The van der Waals surface area contributed by atoms with Gasteiger partial charge in [-0.3, -0.25) is 9.71 Å². The van der Waals surface area contributed by atoms with E-state index in [1.165, 1.54) is 0 Å². The molecule has 4 aromatic rings. The van der Waals surface area contributed by atoms with Gasteiger partial charge in [0.05, 0.1) is 28.7 Å². The maximum Gasteiger partial charge on any atom is 0.229 e. The van der Waals surface area contributed by atoms with Crippen LogP contribution in [0.15, 0.2) is 85.2 Å². The third-order valence-electron chi connectivity index (χ3n) is 5.80. The fraction of sp³-hybridized carbons (Fsp3) is 0.120. The molecule has 7 nitrogen and oxygen atoms in total. The summed E-state index contributed by atoms with van der Waals surface area (Å²) in [6, 6.07) is 21.7. The van der Waals surface area contributed by atoms with Crippen molar-refractivity contribution >= 4 is 61.9 Å². The molecule has 2 atom stereocenters. The van der Waals surface area contributed by atoms with Crippen LogP contribution in [0, 0.1) is 0 Å². The first kappa shape index (κ1) is 24.6. The van der Waals surface area contributed by atoms with E-state index in [9.17, 15) is 8.42 Å². The first-order valence-corrected chi connectivity index (χ1v) is 14.0. The molecule has 3 heterocycles. The lowest BCUT2D eigenvalue weighted by atomic mass is 10.0. The summed E-state index contributed by atoms with van der Waals surface area (Å²) >= 11 is 18.5. The summed E-state index contributed by atoms with van der Waals surface area (Å²) in [4.78, 5) is 6.60. The number of sulfonamides is 1. The van der Waals surface area contributed by atoms with E-state index in [-0.39, 0.29) is 12.1 Å². The fourth-order valence-electron chi connectivity index (χ4n) is 4.37. The van der Waals surface area contributed by atoms with Crippen molar-refractivity contribution in [3.8, 4) is 5.69 Å². The monoisotopic (exact) mass is 557 g/mol. The molecule has 2 aromatic heterocycles. The number of halogens is 2. The molecule has 0 radical (unpaired) electrons. The average Bonchev–Trinajstić information content (AvgIpc) is 3.43. The lowest BCUT2D eigenvalue weighted by molar-refractivity contribution is 0.549. The summed E-state index contributed by atoms with van der Waals surface area (Å²) in [7, 11) is -3.39. The van der Waals surface area contributed by atoms with E-state index in [0.717, 1.165) is 29.0 Å². The molecule has 0 bridgehead atoms. The van der Waals surface area contributed by atoms with Crippen molar-refractivity contribution in [2.45, 2.75) is 12.1 Å². The number of nitrogens with one attached hydrogen (secondary N) is 2. The summed E-state index contributed by atoms with van der Waals surface area (Å²) in [5.74, 6) is 0. The molecule has 2 aromatic carbocycles. The fourth-order valence-corrected chi connectivity index (χ4v) is 5.78. The summed E-state index contributed by atoms with van der Waals surface area (Å²) < 4.78 is 27.8. The second-order valence-electron chi connectivity index (χ2n) is 8.32. The number of benzene rings is 2. The van der Waals surface area contributed by atoms with Gasteiger partial charge in [0.2, 0.25) is 10.0 Å². The van der Waals surface area contributed by atoms with Crippen LogP contribution in [0.4, 0.5) is 11.4 Å². The Morgan fingerprint density at radius 1 is 1.03 bits per heavy atom. The van der Waals surface area contributed by atoms with Gasteiger partial charge in [0.15, 0.2) is 5.11 Å². The molecule has 0 amide bonds. The Morgan fingerprint density at radius 2 is 1.81 bits per heavy atom. The first-order chi connectivity index (χ1) is 17.2. The van der Waals surface area contributed by atoms with E-state index in [0.29, 0.717) is 20.8 Å². The minimum atomic E-state index is -3.39. The van der Waals surface area contributed by atoms with E-state index in [2.05, 4.69) is 15.0 Å². The van der Waals surface area contributed by atoms with E-state index in [4.69, 9.17) is 35.4 Å². The summed E-state index contributed by atoms with van der Waals surface area (Å²) in [5.41, 5.74) is 3.81. The van der Waals surface area contributed by atoms with E-state index < -0.39 is 10.0 Å². The van der Waals surface area contributed by atoms with Gasteiger partial charge in [0.1, 0.15) is 6.04 Å².